The number of sulfonamides is 1. The van der Waals surface area contributed by atoms with E-state index < -0.39 is 10.0 Å². The molecule has 5 rings (SSSR count). The van der Waals surface area contributed by atoms with Crippen LogP contribution in [0.1, 0.15) is 29.6 Å². The number of fused-ring (bicyclic) bond motifs is 1. The van der Waals surface area contributed by atoms with E-state index in [2.05, 4.69) is 10.1 Å². The molecule has 2 aromatic carbocycles. The third kappa shape index (κ3) is 4.97. The Hall–Kier alpha value is -3.15. The molecule has 1 amide bonds. The third-order valence-corrected chi connectivity index (χ3v) is 8.94. The maximum Gasteiger partial charge on any atom is 0.260 e. The largest absolute Gasteiger partial charge is 0.282 e. The molecular weight excluding hydrogens is 489 g/mol. The molecule has 182 valence electrons. The first-order valence-corrected chi connectivity index (χ1v) is 13.6. The molecule has 1 aliphatic rings. The lowest BCUT2D eigenvalue weighted by Crippen LogP contribution is -2.36. The van der Waals surface area contributed by atoms with E-state index in [0.29, 0.717) is 40.5 Å². The SMILES string of the molecule is O=C(c1ccc(S(=O)(=O)N2CCCCC2)cc1)N(CCn1cccn1)c1nc2ccc(F)cc2s1. The molecule has 35 heavy (non-hydrogen) atoms. The Kier molecular flexibility index (Phi) is 6.63. The fourth-order valence-electron chi connectivity index (χ4n) is 4.10. The summed E-state index contributed by atoms with van der Waals surface area (Å²) in [5.41, 5.74) is 0.944. The maximum atomic E-state index is 13.7. The van der Waals surface area contributed by atoms with E-state index in [1.54, 1.807) is 29.2 Å². The number of thiazole rings is 1. The Morgan fingerprint density at radius 3 is 2.57 bits per heavy atom. The predicted octanol–water partition coefficient (Wildman–Crippen LogP) is 4.15. The van der Waals surface area contributed by atoms with E-state index in [-0.39, 0.29) is 23.2 Å². The first-order chi connectivity index (χ1) is 16.9. The predicted molar refractivity (Wildman–Crippen MR) is 133 cm³/mol. The highest BCUT2D eigenvalue weighted by atomic mass is 32.2. The average Bonchev–Trinajstić information content (AvgIpc) is 3.54. The Bertz CT molecular complexity index is 1430. The van der Waals surface area contributed by atoms with Gasteiger partial charge in [-0.15, -0.1) is 0 Å². The van der Waals surface area contributed by atoms with Gasteiger partial charge in [0.25, 0.3) is 5.91 Å². The highest BCUT2D eigenvalue weighted by molar-refractivity contribution is 7.89. The van der Waals surface area contributed by atoms with Crippen molar-refractivity contribution in [2.24, 2.45) is 0 Å². The van der Waals surface area contributed by atoms with Crippen molar-refractivity contribution in [3.05, 3.63) is 72.3 Å². The van der Waals surface area contributed by atoms with Crippen molar-refractivity contribution in [1.29, 1.82) is 0 Å². The number of anilines is 1. The Balaban J connectivity index is 1.43. The minimum atomic E-state index is -3.59. The van der Waals surface area contributed by atoms with Gasteiger partial charge in [-0.05, 0) is 61.4 Å². The number of benzene rings is 2. The zero-order valence-electron chi connectivity index (χ0n) is 18.9. The van der Waals surface area contributed by atoms with Crippen molar-refractivity contribution in [3.63, 3.8) is 0 Å². The summed E-state index contributed by atoms with van der Waals surface area (Å²) in [6, 6.07) is 12.2. The molecule has 0 atom stereocenters. The van der Waals surface area contributed by atoms with Crippen molar-refractivity contribution >= 4 is 42.6 Å². The van der Waals surface area contributed by atoms with Gasteiger partial charge in [0.1, 0.15) is 5.82 Å². The summed E-state index contributed by atoms with van der Waals surface area (Å²) >= 11 is 1.23. The lowest BCUT2D eigenvalue weighted by Gasteiger charge is -2.26. The van der Waals surface area contributed by atoms with Gasteiger partial charge in [0.2, 0.25) is 10.0 Å². The second-order valence-corrected chi connectivity index (χ2v) is 11.3. The molecule has 1 aliphatic heterocycles. The summed E-state index contributed by atoms with van der Waals surface area (Å²) < 4.78 is 43.5. The topological polar surface area (TPSA) is 88.4 Å². The summed E-state index contributed by atoms with van der Waals surface area (Å²) in [7, 11) is -3.59. The number of nitrogens with zero attached hydrogens (tertiary/aromatic N) is 5. The van der Waals surface area contributed by atoms with Gasteiger partial charge in [-0.3, -0.25) is 14.4 Å². The molecule has 8 nitrogen and oxygen atoms in total. The molecule has 3 heterocycles. The number of carbonyl (C=O) groups is 1. The molecule has 4 aromatic rings. The summed E-state index contributed by atoms with van der Waals surface area (Å²) in [6.45, 7) is 1.76. The molecule has 11 heteroatoms. The van der Waals surface area contributed by atoms with Gasteiger partial charge >= 0.3 is 0 Å². The van der Waals surface area contributed by atoms with Crippen molar-refractivity contribution in [2.45, 2.75) is 30.7 Å². The fourth-order valence-corrected chi connectivity index (χ4v) is 6.63. The molecule has 0 saturated carbocycles. The third-order valence-electron chi connectivity index (χ3n) is 5.98. The fraction of sp³-hybridized carbons (Fsp3) is 0.292. The smallest absolute Gasteiger partial charge is 0.260 e. The van der Waals surface area contributed by atoms with Gasteiger partial charge in [-0.1, -0.05) is 17.8 Å². The normalized spacial score (nSPS) is 14.9. The van der Waals surface area contributed by atoms with E-state index in [1.807, 2.05) is 0 Å². The van der Waals surface area contributed by atoms with Crippen LogP contribution < -0.4 is 4.90 Å². The van der Waals surface area contributed by atoms with E-state index in [1.165, 1.54) is 56.9 Å². The van der Waals surface area contributed by atoms with Gasteiger partial charge in [-0.25, -0.2) is 17.8 Å². The van der Waals surface area contributed by atoms with Crippen LogP contribution >= 0.6 is 11.3 Å². The zero-order valence-corrected chi connectivity index (χ0v) is 20.5. The highest BCUT2D eigenvalue weighted by Crippen LogP contribution is 2.30. The van der Waals surface area contributed by atoms with Crippen molar-refractivity contribution < 1.29 is 17.6 Å². The molecular formula is C24H24FN5O3S2. The summed E-state index contributed by atoms with van der Waals surface area (Å²) in [6.07, 6.45) is 6.21. The summed E-state index contributed by atoms with van der Waals surface area (Å²) in [5, 5.41) is 4.63. The lowest BCUT2D eigenvalue weighted by atomic mass is 10.2. The van der Waals surface area contributed by atoms with E-state index in [4.69, 9.17) is 0 Å². The van der Waals surface area contributed by atoms with Gasteiger partial charge in [0.05, 0.1) is 21.7 Å². The van der Waals surface area contributed by atoms with Crippen LogP contribution in [0.25, 0.3) is 10.2 Å². The molecule has 0 spiro atoms. The highest BCUT2D eigenvalue weighted by Gasteiger charge is 2.27. The van der Waals surface area contributed by atoms with Crippen LogP contribution in [0, 0.1) is 5.82 Å². The number of amides is 1. The van der Waals surface area contributed by atoms with Crippen LogP contribution in [0.15, 0.2) is 65.8 Å². The van der Waals surface area contributed by atoms with Gasteiger partial charge in [0.15, 0.2) is 5.13 Å². The van der Waals surface area contributed by atoms with Crippen molar-refractivity contribution in [2.75, 3.05) is 24.5 Å². The van der Waals surface area contributed by atoms with Crippen LogP contribution in [0.3, 0.4) is 0 Å². The van der Waals surface area contributed by atoms with Crippen LogP contribution in [-0.4, -0.2) is 53.0 Å². The monoisotopic (exact) mass is 513 g/mol. The average molecular weight is 514 g/mol. The number of halogens is 1. The molecule has 0 N–H and O–H groups in total. The van der Waals surface area contributed by atoms with E-state index >= 15 is 0 Å². The van der Waals surface area contributed by atoms with Crippen LogP contribution in [0.5, 0.6) is 0 Å². The second-order valence-electron chi connectivity index (χ2n) is 8.32. The minimum absolute atomic E-state index is 0.175. The van der Waals surface area contributed by atoms with Crippen LogP contribution in [-0.2, 0) is 16.6 Å². The molecule has 0 unspecified atom stereocenters. The van der Waals surface area contributed by atoms with Gasteiger partial charge in [-0.2, -0.15) is 9.40 Å². The maximum absolute atomic E-state index is 13.7. The first-order valence-electron chi connectivity index (χ1n) is 11.4. The number of aromatic nitrogens is 3. The Morgan fingerprint density at radius 2 is 1.86 bits per heavy atom. The Labute approximate surface area is 206 Å². The quantitative estimate of drug-likeness (QED) is 0.370. The molecule has 0 radical (unpaired) electrons. The van der Waals surface area contributed by atoms with Crippen molar-refractivity contribution in [3.8, 4) is 0 Å². The first kappa shape index (κ1) is 23.6. The number of hydrogen-bond donors (Lipinski definition) is 0. The van der Waals surface area contributed by atoms with Gasteiger partial charge in [0, 0.05) is 37.6 Å². The number of carbonyl (C=O) groups excluding carboxylic acids is 1. The van der Waals surface area contributed by atoms with E-state index in [0.717, 1.165) is 19.3 Å². The molecule has 1 fully saturated rings. The molecule has 1 saturated heterocycles. The van der Waals surface area contributed by atoms with Crippen LogP contribution in [0.4, 0.5) is 9.52 Å². The number of hydrogen-bond acceptors (Lipinski definition) is 6. The van der Waals surface area contributed by atoms with Crippen LogP contribution in [0.2, 0.25) is 0 Å². The van der Waals surface area contributed by atoms with Crippen molar-refractivity contribution in [1.82, 2.24) is 19.1 Å². The standard InChI is InChI=1S/C24H24FN5O3S2/c25-19-7-10-21-22(17-19)34-24(27-21)30(16-15-28-12-4-11-26-28)23(31)18-5-8-20(9-6-18)35(32,33)29-13-2-1-3-14-29/h4-12,17H,1-3,13-16H2. The molecule has 0 bridgehead atoms. The lowest BCUT2D eigenvalue weighted by molar-refractivity contribution is 0.0985. The summed E-state index contributed by atoms with van der Waals surface area (Å²) in [5.74, 6) is -0.689. The Morgan fingerprint density at radius 1 is 1.09 bits per heavy atom. The minimum Gasteiger partial charge on any atom is -0.282 e. The molecule has 0 aliphatic carbocycles. The molecule has 2 aromatic heterocycles. The van der Waals surface area contributed by atoms with E-state index in [9.17, 15) is 17.6 Å². The number of piperidine rings is 1. The zero-order chi connectivity index (χ0) is 24.4. The van der Waals surface area contributed by atoms with Gasteiger partial charge < -0.3 is 0 Å². The second kappa shape index (κ2) is 9.84. The summed E-state index contributed by atoms with van der Waals surface area (Å²) in [4.78, 5) is 19.8. The number of rotatable bonds is 7.